The Kier molecular flexibility index (Phi) is 5.45. The first-order chi connectivity index (χ1) is 6.76. The van der Waals surface area contributed by atoms with Crippen molar-refractivity contribution >= 4 is 0 Å². The Morgan fingerprint density at radius 3 is 2.86 bits per heavy atom. The molecule has 1 saturated heterocycles. The SMILES string of the molecule is CCN(CC(C)CN)CC1CCOC1. The fourth-order valence-electron chi connectivity index (χ4n) is 1.94. The second-order valence-electron chi connectivity index (χ2n) is 4.42. The van der Waals surface area contributed by atoms with Crippen LogP contribution in [0.25, 0.3) is 0 Å². The molecule has 14 heavy (non-hydrogen) atoms. The molecule has 2 N–H and O–H groups in total. The van der Waals surface area contributed by atoms with Gasteiger partial charge < -0.3 is 15.4 Å². The normalized spacial score (nSPS) is 24.4. The van der Waals surface area contributed by atoms with Crippen LogP contribution < -0.4 is 5.73 Å². The van der Waals surface area contributed by atoms with E-state index in [1.165, 1.54) is 13.0 Å². The summed E-state index contributed by atoms with van der Waals surface area (Å²) < 4.78 is 5.38. The first-order valence-corrected chi connectivity index (χ1v) is 5.76. The standard InChI is InChI=1S/C11H24N2O/c1-3-13(7-10(2)6-12)8-11-4-5-14-9-11/h10-11H,3-9,12H2,1-2H3. The molecular weight excluding hydrogens is 176 g/mol. The van der Waals surface area contributed by atoms with E-state index in [0.717, 1.165) is 38.8 Å². The van der Waals surface area contributed by atoms with E-state index in [0.29, 0.717) is 5.92 Å². The van der Waals surface area contributed by atoms with Crippen LogP contribution in [0.15, 0.2) is 0 Å². The van der Waals surface area contributed by atoms with Crippen LogP contribution in [0, 0.1) is 11.8 Å². The van der Waals surface area contributed by atoms with E-state index in [4.69, 9.17) is 10.5 Å². The molecule has 0 spiro atoms. The lowest BCUT2D eigenvalue weighted by Gasteiger charge is -2.25. The maximum atomic E-state index is 5.63. The number of ether oxygens (including phenoxy) is 1. The van der Waals surface area contributed by atoms with Gasteiger partial charge in [0.05, 0.1) is 6.61 Å². The predicted octanol–water partition coefficient (Wildman–Crippen LogP) is 0.940. The topological polar surface area (TPSA) is 38.5 Å². The van der Waals surface area contributed by atoms with Gasteiger partial charge >= 0.3 is 0 Å². The van der Waals surface area contributed by atoms with Gasteiger partial charge in [0.1, 0.15) is 0 Å². The van der Waals surface area contributed by atoms with E-state index in [1.807, 2.05) is 0 Å². The van der Waals surface area contributed by atoms with Crippen LogP contribution in [0.2, 0.25) is 0 Å². The van der Waals surface area contributed by atoms with Crippen LogP contribution in [-0.4, -0.2) is 44.3 Å². The second kappa shape index (κ2) is 6.38. The van der Waals surface area contributed by atoms with Crippen LogP contribution in [0.3, 0.4) is 0 Å². The van der Waals surface area contributed by atoms with E-state index in [9.17, 15) is 0 Å². The Labute approximate surface area is 87.6 Å². The lowest BCUT2D eigenvalue weighted by atomic mass is 10.1. The van der Waals surface area contributed by atoms with Crippen molar-refractivity contribution in [2.75, 3.05) is 39.4 Å². The molecule has 2 unspecified atom stereocenters. The quantitative estimate of drug-likeness (QED) is 0.693. The number of hydrogen-bond donors (Lipinski definition) is 1. The highest BCUT2D eigenvalue weighted by molar-refractivity contribution is 4.70. The third-order valence-corrected chi connectivity index (χ3v) is 2.96. The Balaban J connectivity index is 2.22. The number of rotatable bonds is 6. The molecule has 1 fully saturated rings. The van der Waals surface area contributed by atoms with Gasteiger partial charge in [-0.15, -0.1) is 0 Å². The van der Waals surface area contributed by atoms with Gasteiger partial charge in [-0.05, 0) is 31.3 Å². The van der Waals surface area contributed by atoms with Crippen molar-refractivity contribution in [2.24, 2.45) is 17.6 Å². The minimum atomic E-state index is 0.609. The maximum absolute atomic E-state index is 5.63. The molecule has 3 nitrogen and oxygen atoms in total. The largest absolute Gasteiger partial charge is 0.381 e. The summed E-state index contributed by atoms with van der Waals surface area (Å²) >= 11 is 0. The zero-order chi connectivity index (χ0) is 10.4. The summed E-state index contributed by atoms with van der Waals surface area (Å²) in [6.45, 7) is 10.6. The minimum absolute atomic E-state index is 0.609. The summed E-state index contributed by atoms with van der Waals surface area (Å²) in [4.78, 5) is 2.50. The van der Waals surface area contributed by atoms with E-state index >= 15 is 0 Å². The van der Waals surface area contributed by atoms with Gasteiger partial charge in [-0.3, -0.25) is 0 Å². The van der Waals surface area contributed by atoms with E-state index in [-0.39, 0.29) is 0 Å². The predicted molar refractivity (Wildman–Crippen MR) is 59.3 cm³/mol. The average Bonchev–Trinajstić information content (AvgIpc) is 2.69. The fourth-order valence-corrected chi connectivity index (χ4v) is 1.94. The molecule has 0 aromatic carbocycles. The first kappa shape index (κ1) is 12.0. The van der Waals surface area contributed by atoms with Crippen LogP contribution in [0.5, 0.6) is 0 Å². The zero-order valence-electron chi connectivity index (χ0n) is 9.54. The third-order valence-electron chi connectivity index (χ3n) is 2.96. The van der Waals surface area contributed by atoms with Gasteiger partial charge in [0.15, 0.2) is 0 Å². The van der Waals surface area contributed by atoms with Crippen molar-refractivity contribution in [1.29, 1.82) is 0 Å². The molecular formula is C11H24N2O. The van der Waals surface area contributed by atoms with E-state index in [1.54, 1.807) is 0 Å². The van der Waals surface area contributed by atoms with Crippen molar-refractivity contribution in [3.63, 3.8) is 0 Å². The Morgan fingerprint density at radius 1 is 1.57 bits per heavy atom. The highest BCUT2D eigenvalue weighted by Crippen LogP contribution is 2.14. The number of hydrogen-bond acceptors (Lipinski definition) is 3. The van der Waals surface area contributed by atoms with Gasteiger partial charge in [-0.2, -0.15) is 0 Å². The molecule has 1 rings (SSSR count). The molecule has 0 aromatic rings. The second-order valence-corrected chi connectivity index (χ2v) is 4.42. The highest BCUT2D eigenvalue weighted by Gasteiger charge is 2.19. The molecule has 84 valence electrons. The maximum Gasteiger partial charge on any atom is 0.0507 e. The van der Waals surface area contributed by atoms with E-state index in [2.05, 4.69) is 18.7 Å². The Morgan fingerprint density at radius 2 is 2.36 bits per heavy atom. The molecule has 1 heterocycles. The summed E-state index contributed by atoms with van der Waals surface area (Å²) in [5.41, 5.74) is 5.63. The molecule has 1 aliphatic rings. The van der Waals surface area contributed by atoms with Crippen LogP contribution in [0.4, 0.5) is 0 Å². The number of nitrogens with zero attached hydrogens (tertiary/aromatic N) is 1. The molecule has 2 atom stereocenters. The lowest BCUT2D eigenvalue weighted by molar-refractivity contribution is 0.163. The minimum Gasteiger partial charge on any atom is -0.381 e. The van der Waals surface area contributed by atoms with Crippen molar-refractivity contribution in [3.05, 3.63) is 0 Å². The molecule has 3 heteroatoms. The van der Waals surface area contributed by atoms with Crippen LogP contribution in [-0.2, 0) is 4.74 Å². The summed E-state index contributed by atoms with van der Waals surface area (Å²) in [6.07, 6.45) is 1.23. The molecule has 0 radical (unpaired) electrons. The monoisotopic (exact) mass is 200 g/mol. The summed E-state index contributed by atoms with van der Waals surface area (Å²) in [5, 5.41) is 0. The smallest absolute Gasteiger partial charge is 0.0507 e. The van der Waals surface area contributed by atoms with Gasteiger partial charge in [-0.1, -0.05) is 13.8 Å². The highest BCUT2D eigenvalue weighted by atomic mass is 16.5. The first-order valence-electron chi connectivity index (χ1n) is 5.76. The van der Waals surface area contributed by atoms with Crippen molar-refractivity contribution in [1.82, 2.24) is 4.90 Å². The van der Waals surface area contributed by atoms with Gasteiger partial charge in [0, 0.05) is 19.7 Å². The summed E-state index contributed by atoms with van der Waals surface area (Å²) in [5.74, 6) is 1.36. The molecule has 0 aromatic heterocycles. The van der Waals surface area contributed by atoms with Crippen molar-refractivity contribution in [3.8, 4) is 0 Å². The van der Waals surface area contributed by atoms with Crippen molar-refractivity contribution in [2.45, 2.75) is 20.3 Å². The van der Waals surface area contributed by atoms with Gasteiger partial charge in [0.2, 0.25) is 0 Å². The molecule has 0 aliphatic carbocycles. The molecule has 1 aliphatic heterocycles. The molecule has 0 amide bonds. The summed E-state index contributed by atoms with van der Waals surface area (Å²) in [7, 11) is 0. The lowest BCUT2D eigenvalue weighted by Crippen LogP contribution is -2.35. The third kappa shape index (κ3) is 3.95. The van der Waals surface area contributed by atoms with Crippen LogP contribution >= 0.6 is 0 Å². The fraction of sp³-hybridized carbons (Fsp3) is 1.00. The van der Waals surface area contributed by atoms with E-state index < -0.39 is 0 Å². The number of nitrogens with two attached hydrogens (primary N) is 1. The van der Waals surface area contributed by atoms with Crippen LogP contribution in [0.1, 0.15) is 20.3 Å². The molecule has 0 bridgehead atoms. The van der Waals surface area contributed by atoms with Gasteiger partial charge in [-0.25, -0.2) is 0 Å². The zero-order valence-corrected chi connectivity index (χ0v) is 9.54. The average molecular weight is 200 g/mol. The van der Waals surface area contributed by atoms with Gasteiger partial charge in [0.25, 0.3) is 0 Å². The summed E-state index contributed by atoms with van der Waals surface area (Å²) in [6, 6.07) is 0. The Hall–Kier alpha value is -0.120. The van der Waals surface area contributed by atoms with Crippen molar-refractivity contribution < 1.29 is 4.74 Å². The Bertz CT molecular complexity index is 146. The molecule has 0 saturated carbocycles.